The third-order valence-corrected chi connectivity index (χ3v) is 4.35. The van der Waals surface area contributed by atoms with Crippen molar-refractivity contribution < 1.29 is 9.59 Å². The van der Waals surface area contributed by atoms with Crippen molar-refractivity contribution in [2.45, 2.75) is 19.8 Å². The zero-order valence-electron chi connectivity index (χ0n) is 13.8. The van der Waals surface area contributed by atoms with Crippen molar-refractivity contribution >= 4 is 34.8 Å². The van der Waals surface area contributed by atoms with Gasteiger partial charge in [0.25, 0.3) is 5.91 Å². The molecule has 0 atom stereocenters. The lowest BCUT2D eigenvalue weighted by atomic mass is 10.1. The molecule has 1 fully saturated rings. The smallest absolute Gasteiger partial charge is 0.271 e. The maximum Gasteiger partial charge on any atom is 0.271 e. The zero-order chi connectivity index (χ0) is 17.8. The van der Waals surface area contributed by atoms with Crippen molar-refractivity contribution in [1.29, 1.82) is 0 Å². The summed E-state index contributed by atoms with van der Waals surface area (Å²) in [5, 5.41) is 4.72. The number of anilines is 1. The van der Waals surface area contributed by atoms with Crippen LogP contribution < -0.4 is 10.3 Å². The predicted octanol–water partition coefficient (Wildman–Crippen LogP) is 3.62. The van der Waals surface area contributed by atoms with Crippen LogP contribution in [-0.2, 0) is 4.79 Å². The van der Waals surface area contributed by atoms with Crippen LogP contribution in [0.1, 0.15) is 35.7 Å². The molecule has 25 heavy (non-hydrogen) atoms. The molecule has 0 spiro atoms. The van der Waals surface area contributed by atoms with Gasteiger partial charge in [-0.3, -0.25) is 9.59 Å². The van der Waals surface area contributed by atoms with E-state index in [1.54, 1.807) is 29.2 Å². The highest BCUT2D eigenvalue weighted by atomic mass is 35.5. The molecule has 128 valence electrons. The Morgan fingerprint density at radius 3 is 2.32 bits per heavy atom. The number of hydrazone groups is 1. The fourth-order valence-corrected chi connectivity index (χ4v) is 2.79. The van der Waals surface area contributed by atoms with E-state index in [1.807, 2.05) is 31.2 Å². The maximum atomic E-state index is 12.1. The summed E-state index contributed by atoms with van der Waals surface area (Å²) >= 11 is 5.81. The highest BCUT2D eigenvalue weighted by Crippen LogP contribution is 2.21. The minimum absolute atomic E-state index is 0.161. The first-order chi connectivity index (χ1) is 12.0. The molecule has 0 unspecified atom stereocenters. The molecule has 1 aliphatic heterocycles. The SMILES string of the molecule is C/C(=N/NC(=O)c1ccc(Cl)cc1)c1ccc(N2CCCC2=O)cc1. The topological polar surface area (TPSA) is 61.8 Å². The molecule has 0 aliphatic carbocycles. The molecule has 1 heterocycles. The van der Waals surface area contributed by atoms with Gasteiger partial charge < -0.3 is 4.90 Å². The molecule has 5 nitrogen and oxygen atoms in total. The Morgan fingerprint density at radius 2 is 1.72 bits per heavy atom. The van der Waals surface area contributed by atoms with Gasteiger partial charge in [0.15, 0.2) is 0 Å². The van der Waals surface area contributed by atoms with Crippen LogP contribution in [0, 0.1) is 0 Å². The summed E-state index contributed by atoms with van der Waals surface area (Å²) in [7, 11) is 0. The number of rotatable bonds is 4. The number of carbonyl (C=O) groups is 2. The van der Waals surface area contributed by atoms with Gasteiger partial charge in [0.2, 0.25) is 5.91 Å². The third kappa shape index (κ3) is 4.06. The molecule has 0 aromatic heterocycles. The maximum absolute atomic E-state index is 12.1. The number of halogens is 1. The molecule has 0 saturated carbocycles. The molecule has 1 aliphatic rings. The van der Waals surface area contributed by atoms with Gasteiger partial charge in [0, 0.05) is 29.2 Å². The van der Waals surface area contributed by atoms with Crippen LogP contribution in [0.15, 0.2) is 53.6 Å². The van der Waals surface area contributed by atoms with Crippen LogP contribution in [0.5, 0.6) is 0 Å². The third-order valence-electron chi connectivity index (χ3n) is 4.10. The Kier molecular flexibility index (Phi) is 5.14. The largest absolute Gasteiger partial charge is 0.312 e. The van der Waals surface area contributed by atoms with E-state index in [2.05, 4.69) is 10.5 Å². The van der Waals surface area contributed by atoms with Crippen LogP contribution >= 0.6 is 11.6 Å². The summed E-state index contributed by atoms with van der Waals surface area (Å²) in [6.45, 7) is 2.58. The van der Waals surface area contributed by atoms with E-state index < -0.39 is 0 Å². The molecule has 0 bridgehead atoms. The van der Waals surface area contributed by atoms with E-state index in [1.165, 1.54) is 0 Å². The minimum Gasteiger partial charge on any atom is -0.312 e. The average Bonchev–Trinajstić information content (AvgIpc) is 3.06. The normalized spacial score (nSPS) is 14.7. The first-order valence-corrected chi connectivity index (χ1v) is 8.43. The number of nitrogens with zero attached hydrogens (tertiary/aromatic N) is 2. The van der Waals surface area contributed by atoms with Crippen LogP contribution in [-0.4, -0.2) is 24.1 Å². The highest BCUT2D eigenvalue weighted by Gasteiger charge is 2.21. The lowest BCUT2D eigenvalue weighted by Gasteiger charge is -2.15. The van der Waals surface area contributed by atoms with Crippen LogP contribution in [0.3, 0.4) is 0 Å². The number of amides is 2. The summed E-state index contributed by atoms with van der Waals surface area (Å²) in [4.78, 5) is 25.6. The number of hydrogen-bond acceptors (Lipinski definition) is 3. The summed E-state index contributed by atoms with van der Waals surface area (Å²) in [6.07, 6.45) is 1.51. The van der Waals surface area contributed by atoms with E-state index in [-0.39, 0.29) is 11.8 Å². The van der Waals surface area contributed by atoms with Crippen molar-refractivity contribution in [3.05, 3.63) is 64.7 Å². The van der Waals surface area contributed by atoms with E-state index in [0.29, 0.717) is 22.7 Å². The van der Waals surface area contributed by atoms with E-state index in [9.17, 15) is 9.59 Å². The van der Waals surface area contributed by atoms with Gasteiger partial charge in [-0.25, -0.2) is 5.43 Å². The fraction of sp³-hybridized carbons (Fsp3) is 0.211. The van der Waals surface area contributed by atoms with E-state index in [0.717, 1.165) is 24.2 Å². The molecule has 2 aromatic rings. The molecule has 1 N–H and O–H groups in total. The van der Waals surface area contributed by atoms with Gasteiger partial charge in [-0.05, 0) is 55.3 Å². The van der Waals surface area contributed by atoms with Crippen LogP contribution in [0.2, 0.25) is 5.02 Å². The Balaban J connectivity index is 1.66. The Bertz CT molecular complexity index is 814. The highest BCUT2D eigenvalue weighted by molar-refractivity contribution is 6.30. The Hall–Kier alpha value is -2.66. The van der Waals surface area contributed by atoms with E-state index >= 15 is 0 Å². The molecular weight excluding hydrogens is 338 g/mol. The van der Waals surface area contributed by atoms with Gasteiger partial charge in [-0.2, -0.15) is 5.10 Å². The molecule has 3 rings (SSSR count). The Morgan fingerprint density at radius 1 is 1.08 bits per heavy atom. The van der Waals surface area contributed by atoms with Crippen LogP contribution in [0.25, 0.3) is 0 Å². The second kappa shape index (κ2) is 7.49. The molecule has 2 aromatic carbocycles. The second-order valence-corrected chi connectivity index (χ2v) is 6.28. The van der Waals surface area contributed by atoms with Crippen molar-refractivity contribution in [2.24, 2.45) is 5.10 Å². The first-order valence-electron chi connectivity index (χ1n) is 8.05. The fourth-order valence-electron chi connectivity index (χ4n) is 2.67. The van der Waals surface area contributed by atoms with Crippen molar-refractivity contribution in [3.63, 3.8) is 0 Å². The quantitative estimate of drug-likeness (QED) is 0.672. The molecular formula is C19H18ClN3O2. The number of carbonyl (C=O) groups excluding carboxylic acids is 2. The average molecular weight is 356 g/mol. The van der Waals surface area contributed by atoms with Crippen molar-refractivity contribution in [3.8, 4) is 0 Å². The standard InChI is InChI=1S/C19H18ClN3O2/c1-13(21-22-19(25)15-4-8-16(20)9-5-15)14-6-10-17(11-7-14)23-12-2-3-18(23)24/h4-11H,2-3,12H2,1H3,(H,22,25)/b21-13-. The summed E-state index contributed by atoms with van der Waals surface area (Å²) < 4.78 is 0. The van der Waals surface area contributed by atoms with Gasteiger partial charge in [-0.1, -0.05) is 23.7 Å². The summed E-state index contributed by atoms with van der Waals surface area (Å²) in [5.74, 6) is -0.135. The second-order valence-electron chi connectivity index (χ2n) is 5.84. The molecule has 2 amide bonds. The van der Waals surface area contributed by atoms with Gasteiger partial charge in [0.1, 0.15) is 0 Å². The monoisotopic (exact) mass is 355 g/mol. The van der Waals surface area contributed by atoms with Crippen molar-refractivity contribution in [1.82, 2.24) is 5.43 Å². The lowest BCUT2D eigenvalue weighted by Crippen LogP contribution is -2.23. The predicted molar refractivity (Wildman–Crippen MR) is 99.2 cm³/mol. The molecule has 1 saturated heterocycles. The van der Waals surface area contributed by atoms with Crippen LogP contribution in [0.4, 0.5) is 5.69 Å². The number of nitrogens with one attached hydrogen (secondary N) is 1. The Labute approximate surface area is 151 Å². The minimum atomic E-state index is -0.296. The van der Waals surface area contributed by atoms with Gasteiger partial charge in [0.05, 0.1) is 5.71 Å². The lowest BCUT2D eigenvalue weighted by molar-refractivity contribution is -0.117. The molecule has 0 radical (unpaired) electrons. The van der Waals surface area contributed by atoms with E-state index in [4.69, 9.17) is 11.6 Å². The zero-order valence-corrected chi connectivity index (χ0v) is 14.6. The molecule has 6 heteroatoms. The summed E-state index contributed by atoms with van der Waals surface area (Å²) in [6, 6.07) is 14.2. The van der Waals surface area contributed by atoms with Gasteiger partial charge in [-0.15, -0.1) is 0 Å². The van der Waals surface area contributed by atoms with Crippen molar-refractivity contribution in [2.75, 3.05) is 11.4 Å². The number of hydrogen-bond donors (Lipinski definition) is 1. The van der Waals surface area contributed by atoms with Gasteiger partial charge >= 0.3 is 0 Å². The number of benzene rings is 2. The summed E-state index contributed by atoms with van der Waals surface area (Å²) in [5.41, 5.74) is 5.48. The first kappa shape index (κ1) is 17.2.